The molecule has 13 heteroatoms. The molecule has 0 amide bonds. The van der Waals surface area contributed by atoms with Crippen LogP contribution < -0.4 is 0 Å². The van der Waals surface area contributed by atoms with Crippen molar-refractivity contribution in [2.45, 2.75) is 10.3 Å². The summed E-state index contributed by atoms with van der Waals surface area (Å²) in [6.07, 6.45) is -1.12. The second-order valence-electron chi connectivity index (χ2n) is 2.86. The number of hydrogen-bond acceptors (Lipinski definition) is 6. The van der Waals surface area contributed by atoms with Crippen molar-refractivity contribution in [1.29, 1.82) is 0 Å². The van der Waals surface area contributed by atoms with Gasteiger partial charge in [-0.2, -0.15) is 0 Å². The summed E-state index contributed by atoms with van der Waals surface area (Å²) in [6, 6.07) is 0. The SMILES string of the molecule is O=S(=O)(O)C(C[CH2][K])(S(=O)(=O)O)S(=O)(=O)O. The molecule has 0 fully saturated rings. The van der Waals surface area contributed by atoms with E-state index < -0.39 is 40.2 Å². The summed E-state index contributed by atoms with van der Waals surface area (Å²) in [6.45, 7) is 0. The average molecular weight is 322 g/mol. The van der Waals surface area contributed by atoms with Gasteiger partial charge in [-0.05, 0) is 0 Å². The van der Waals surface area contributed by atoms with Gasteiger partial charge in [0.1, 0.15) is 0 Å². The molecule has 0 aliphatic heterocycles. The second kappa shape index (κ2) is 5.16. The van der Waals surface area contributed by atoms with Crippen LogP contribution in [0.15, 0.2) is 0 Å². The zero-order chi connectivity index (χ0) is 13.4. The van der Waals surface area contributed by atoms with Gasteiger partial charge in [0.05, 0.1) is 0 Å². The molecule has 0 aromatic carbocycles. The molecule has 0 atom stereocenters. The van der Waals surface area contributed by atoms with Crippen LogP contribution in [0.2, 0.25) is 0.515 Å². The first-order valence-corrected chi connectivity index (χ1v) is 10.2. The first-order valence-electron chi connectivity index (χ1n) is 3.72. The topological polar surface area (TPSA) is 163 Å². The molecular formula is C3H7KO9S3. The van der Waals surface area contributed by atoms with Gasteiger partial charge in [0.2, 0.25) is 0 Å². The van der Waals surface area contributed by atoms with Crippen LogP contribution in [0.3, 0.4) is 0 Å². The van der Waals surface area contributed by atoms with Crippen LogP contribution >= 0.6 is 0 Å². The molecule has 0 bridgehead atoms. The van der Waals surface area contributed by atoms with E-state index in [0.29, 0.717) is 0 Å². The van der Waals surface area contributed by atoms with Crippen LogP contribution in [0.25, 0.3) is 0 Å². The Kier molecular flexibility index (Phi) is 5.60. The maximum atomic E-state index is 10.8. The summed E-state index contributed by atoms with van der Waals surface area (Å²) in [5.74, 6) is 0. The van der Waals surface area contributed by atoms with Gasteiger partial charge < -0.3 is 0 Å². The van der Waals surface area contributed by atoms with Crippen molar-refractivity contribution < 1.29 is 38.9 Å². The third-order valence-corrected chi connectivity index (χ3v) is 9.28. The van der Waals surface area contributed by atoms with E-state index in [-0.39, 0.29) is 49.5 Å². The Balaban J connectivity index is 6.53. The van der Waals surface area contributed by atoms with E-state index in [1.165, 1.54) is 0 Å². The van der Waals surface area contributed by atoms with Crippen molar-refractivity contribution in [1.82, 2.24) is 0 Å². The standard InChI is InChI=1S/C3H7O9S3.K/c1-2-3(13(4,5)6,14(7,8)9)15(10,11)12;/h1-2H2,(H,4,5,6)(H,7,8,9)(H,10,11,12);. The van der Waals surface area contributed by atoms with Crippen molar-refractivity contribution >= 4 is 79.3 Å². The van der Waals surface area contributed by atoms with Crippen molar-refractivity contribution in [3.05, 3.63) is 0 Å². The molecule has 0 saturated carbocycles. The third kappa shape index (κ3) is 3.03. The second-order valence-corrected chi connectivity index (χ2v) is 10.1. The van der Waals surface area contributed by atoms with E-state index >= 15 is 0 Å². The number of rotatable bonds is 5. The van der Waals surface area contributed by atoms with E-state index in [4.69, 9.17) is 13.7 Å². The van der Waals surface area contributed by atoms with Crippen molar-refractivity contribution in [3.63, 3.8) is 0 Å². The van der Waals surface area contributed by atoms with Gasteiger partial charge >= 0.3 is 129 Å². The molecule has 92 valence electrons. The first-order chi connectivity index (χ1) is 6.81. The maximum absolute atomic E-state index is 10.8. The van der Waals surface area contributed by atoms with Crippen LogP contribution in [0, 0.1) is 0 Å². The van der Waals surface area contributed by atoms with Crippen molar-refractivity contribution in [3.8, 4) is 0 Å². The summed E-state index contributed by atoms with van der Waals surface area (Å²) in [7, 11) is -17.3. The molecule has 0 radical (unpaired) electrons. The summed E-state index contributed by atoms with van der Waals surface area (Å²) < 4.78 is 86.8. The molecule has 0 aliphatic carbocycles. The van der Waals surface area contributed by atoms with Gasteiger partial charge in [-0.15, -0.1) is 0 Å². The van der Waals surface area contributed by atoms with Gasteiger partial charge in [-0.25, -0.2) is 0 Å². The van der Waals surface area contributed by atoms with Crippen molar-refractivity contribution in [2.24, 2.45) is 0 Å². The van der Waals surface area contributed by atoms with E-state index in [0.717, 1.165) is 0 Å². The van der Waals surface area contributed by atoms with Gasteiger partial charge in [-0.3, -0.25) is 0 Å². The van der Waals surface area contributed by atoms with Crippen LogP contribution in [0.1, 0.15) is 6.42 Å². The zero-order valence-electron chi connectivity index (χ0n) is 7.93. The Morgan fingerprint density at radius 2 is 1.06 bits per heavy atom. The Bertz CT molecular complexity index is 474. The molecule has 0 saturated heterocycles. The fourth-order valence-corrected chi connectivity index (χ4v) is 8.54. The molecule has 0 spiro atoms. The molecule has 0 aliphatic rings. The Morgan fingerprint density at radius 3 is 1.12 bits per heavy atom. The van der Waals surface area contributed by atoms with E-state index in [9.17, 15) is 25.3 Å². The molecule has 0 aromatic heterocycles. The summed E-state index contributed by atoms with van der Waals surface area (Å²) >= 11 is -0.154. The molecule has 16 heavy (non-hydrogen) atoms. The molecule has 0 unspecified atom stereocenters. The van der Waals surface area contributed by atoms with E-state index in [1.807, 2.05) is 0 Å². The monoisotopic (exact) mass is 322 g/mol. The summed E-state index contributed by atoms with van der Waals surface area (Å²) in [5.41, 5.74) is 0. The minimum atomic E-state index is -5.75. The molecular weight excluding hydrogens is 315 g/mol. The van der Waals surface area contributed by atoms with Crippen LogP contribution in [-0.4, -0.2) is 91.3 Å². The predicted molar refractivity (Wildman–Crippen MR) is 52.6 cm³/mol. The summed E-state index contributed by atoms with van der Waals surface area (Å²) in [5, 5.41) is 0. The number of hydrogen-bond donors (Lipinski definition) is 3. The Morgan fingerprint density at radius 1 is 0.812 bits per heavy atom. The normalized spacial score (nSPS) is 15.1. The van der Waals surface area contributed by atoms with Crippen LogP contribution in [-0.2, 0) is 30.4 Å². The minimum absolute atomic E-state index is 0.154. The molecule has 3 N–H and O–H groups in total. The van der Waals surface area contributed by atoms with E-state index in [1.54, 1.807) is 0 Å². The fraction of sp³-hybridized carbons (Fsp3) is 1.00. The summed E-state index contributed by atoms with van der Waals surface area (Å²) in [4.78, 5) is 0. The Labute approximate surface area is 126 Å². The zero-order valence-corrected chi connectivity index (χ0v) is 13.5. The first kappa shape index (κ1) is 17.4. The van der Waals surface area contributed by atoms with Gasteiger partial charge in [0.25, 0.3) is 0 Å². The van der Waals surface area contributed by atoms with Crippen LogP contribution in [0.5, 0.6) is 0 Å². The Hall–Kier alpha value is 1.37. The fourth-order valence-electron chi connectivity index (χ4n) is 1.09. The van der Waals surface area contributed by atoms with Crippen LogP contribution in [0.4, 0.5) is 0 Å². The van der Waals surface area contributed by atoms with Crippen molar-refractivity contribution in [2.75, 3.05) is 0 Å². The quantitative estimate of drug-likeness (QED) is 0.394. The molecule has 0 aromatic rings. The average Bonchev–Trinajstić information content (AvgIpc) is 1.91. The van der Waals surface area contributed by atoms with Gasteiger partial charge in [-0.1, -0.05) is 0 Å². The molecule has 0 heterocycles. The molecule has 9 nitrogen and oxygen atoms in total. The molecule has 0 rings (SSSR count). The van der Waals surface area contributed by atoms with Gasteiger partial charge in [0, 0.05) is 0 Å². The predicted octanol–water partition coefficient (Wildman–Crippen LogP) is -1.72. The third-order valence-electron chi connectivity index (χ3n) is 1.74. The van der Waals surface area contributed by atoms with E-state index in [2.05, 4.69) is 0 Å². The van der Waals surface area contributed by atoms with Gasteiger partial charge in [0.15, 0.2) is 0 Å².